The van der Waals surface area contributed by atoms with E-state index in [1.165, 1.54) is 11.0 Å². The molecule has 4 nitrogen and oxygen atoms in total. The lowest BCUT2D eigenvalue weighted by atomic mass is 10.1. The topological polar surface area (TPSA) is 57.6 Å². The molecule has 0 saturated heterocycles. The van der Waals surface area contributed by atoms with Crippen molar-refractivity contribution in [1.29, 1.82) is 0 Å². The molecule has 132 valence electrons. The number of rotatable bonds is 6. The number of aryl methyl sites for hydroxylation is 1. The minimum atomic E-state index is -0.942. The van der Waals surface area contributed by atoms with Gasteiger partial charge in [-0.3, -0.25) is 9.59 Å². The van der Waals surface area contributed by atoms with Gasteiger partial charge in [0.1, 0.15) is 11.1 Å². The summed E-state index contributed by atoms with van der Waals surface area (Å²) in [5.74, 6) is -1.57. The Kier molecular flexibility index (Phi) is 6.20. The smallest absolute Gasteiger partial charge is 0.316 e. The van der Waals surface area contributed by atoms with Crippen molar-refractivity contribution >= 4 is 23.6 Å². The van der Waals surface area contributed by atoms with Crippen LogP contribution in [0.5, 0.6) is 0 Å². The Morgan fingerprint density at radius 1 is 1.24 bits per heavy atom. The highest BCUT2D eigenvalue weighted by Crippen LogP contribution is 2.28. The van der Waals surface area contributed by atoms with Gasteiger partial charge in [0.05, 0.1) is 5.56 Å². The van der Waals surface area contributed by atoms with Gasteiger partial charge in [0.25, 0.3) is 5.91 Å². The Hall–Kier alpha value is -2.34. The Bertz CT molecular complexity index is 794. The molecule has 2 rings (SSSR count). The molecule has 0 spiro atoms. The van der Waals surface area contributed by atoms with Crippen molar-refractivity contribution < 1.29 is 19.1 Å². The normalized spacial score (nSPS) is 11.8. The minimum absolute atomic E-state index is 0.139. The lowest BCUT2D eigenvalue weighted by Gasteiger charge is -2.20. The number of halogens is 1. The molecule has 1 atom stereocenters. The van der Waals surface area contributed by atoms with Crippen molar-refractivity contribution in [2.24, 2.45) is 0 Å². The summed E-state index contributed by atoms with van der Waals surface area (Å²) in [4.78, 5) is 25.9. The molecule has 1 amide bonds. The van der Waals surface area contributed by atoms with Crippen LogP contribution in [0.3, 0.4) is 0 Å². The van der Waals surface area contributed by atoms with Gasteiger partial charge in [0, 0.05) is 24.1 Å². The monoisotopic (exact) mass is 361 g/mol. The zero-order valence-corrected chi connectivity index (χ0v) is 15.1. The fourth-order valence-corrected chi connectivity index (χ4v) is 3.27. The molecule has 0 radical (unpaired) electrons. The first-order valence-corrected chi connectivity index (χ1v) is 8.66. The standard InChI is InChI=1S/C19H20FNO3S/c1-12-8-9-16(20)14(10-12)11-21(3)18(22)15-6-4-5-7-17(15)25-13(2)19(23)24/h4-10,13H,11H2,1-3H3,(H,23,24). The number of benzene rings is 2. The first-order valence-electron chi connectivity index (χ1n) is 7.78. The average Bonchev–Trinajstić information content (AvgIpc) is 2.57. The van der Waals surface area contributed by atoms with Crippen molar-refractivity contribution in [3.63, 3.8) is 0 Å². The molecular formula is C19H20FNO3S. The second kappa shape index (κ2) is 8.16. The second-order valence-corrected chi connectivity index (χ2v) is 7.23. The molecule has 6 heteroatoms. The zero-order valence-electron chi connectivity index (χ0n) is 14.3. The number of carboxylic acid groups (broad SMARTS) is 1. The Morgan fingerprint density at radius 2 is 1.92 bits per heavy atom. The zero-order chi connectivity index (χ0) is 18.6. The largest absolute Gasteiger partial charge is 0.480 e. The van der Waals surface area contributed by atoms with Gasteiger partial charge in [-0.15, -0.1) is 11.8 Å². The van der Waals surface area contributed by atoms with E-state index >= 15 is 0 Å². The van der Waals surface area contributed by atoms with Crippen LogP contribution >= 0.6 is 11.8 Å². The summed E-state index contributed by atoms with van der Waals surface area (Å²) in [5, 5.41) is 8.40. The number of thioether (sulfide) groups is 1. The van der Waals surface area contributed by atoms with Crippen LogP contribution in [-0.4, -0.2) is 34.2 Å². The number of carboxylic acids is 1. The van der Waals surface area contributed by atoms with E-state index in [1.54, 1.807) is 50.4 Å². The molecule has 0 bridgehead atoms. The molecule has 1 N–H and O–H groups in total. The molecule has 0 saturated carbocycles. The van der Waals surface area contributed by atoms with Gasteiger partial charge in [-0.1, -0.05) is 29.8 Å². The van der Waals surface area contributed by atoms with Crippen LogP contribution in [0.4, 0.5) is 4.39 Å². The maximum atomic E-state index is 13.9. The Labute approximate surface area is 150 Å². The number of aliphatic carboxylic acids is 1. The van der Waals surface area contributed by atoms with E-state index in [2.05, 4.69) is 0 Å². The van der Waals surface area contributed by atoms with Crippen LogP contribution in [0.25, 0.3) is 0 Å². The molecule has 25 heavy (non-hydrogen) atoms. The van der Waals surface area contributed by atoms with E-state index < -0.39 is 11.2 Å². The van der Waals surface area contributed by atoms with Crippen LogP contribution in [0, 0.1) is 12.7 Å². The number of hydrogen-bond donors (Lipinski definition) is 1. The second-order valence-electron chi connectivity index (χ2n) is 5.85. The maximum absolute atomic E-state index is 13.9. The van der Waals surface area contributed by atoms with Gasteiger partial charge in [0.2, 0.25) is 0 Å². The van der Waals surface area contributed by atoms with Crippen LogP contribution in [0.2, 0.25) is 0 Å². The summed E-state index contributed by atoms with van der Waals surface area (Å²) in [6.45, 7) is 3.57. The lowest BCUT2D eigenvalue weighted by Crippen LogP contribution is -2.27. The number of amides is 1. The van der Waals surface area contributed by atoms with Gasteiger partial charge in [-0.05, 0) is 32.0 Å². The van der Waals surface area contributed by atoms with Crippen molar-refractivity contribution in [3.05, 3.63) is 65.0 Å². The number of carbonyl (C=O) groups excluding carboxylic acids is 1. The Morgan fingerprint density at radius 3 is 2.60 bits per heavy atom. The minimum Gasteiger partial charge on any atom is -0.480 e. The first-order chi connectivity index (χ1) is 11.8. The molecule has 1 unspecified atom stereocenters. The van der Waals surface area contributed by atoms with Crippen molar-refractivity contribution in [2.45, 2.75) is 30.5 Å². The van der Waals surface area contributed by atoms with Crippen LogP contribution in [-0.2, 0) is 11.3 Å². The van der Waals surface area contributed by atoms with E-state index in [0.29, 0.717) is 16.0 Å². The third-order valence-electron chi connectivity index (χ3n) is 3.72. The fraction of sp³-hybridized carbons (Fsp3) is 0.263. The predicted octanol–water partition coefficient (Wildman–Crippen LogP) is 3.97. The molecule has 0 aliphatic carbocycles. The van der Waals surface area contributed by atoms with Gasteiger partial charge >= 0.3 is 5.97 Å². The van der Waals surface area contributed by atoms with Crippen LogP contribution in [0.15, 0.2) is 47.4 Å². The highest BCUT2D eigenvalue weighted by molar-refractivity contribution is 8.00. The SMILES string of the molecule is Cc1ccc(F)c(CN(C)C(=O)c2ccccc2SC(C)C(=O)O)c1. The van der Waals surface area contributed by atoms with Crippen molar-refractivity contribution in [3.8, 4) is 0 Å². The van der Waals surface area contributed by atoms with Gasteiger partial charge in [-0.25, -0.2) is 4.39 Å². The van der Waals surface area contributed by atoms with Crippen molar-refractivity contribution in [1.82, 2.24) is 4.90 Å². The summed E-state index contributed by atoms with van der Waals surface area (Å²) < 4.78 is 13.9. The molecule has 0 fully saturated rings. The summed E-state index contributed by atoms with van der Waals surface area (Å²) in [5.41, 5.74) is 1.78. The molecule has 2 aromatic carbocycles. The quantitative estimate of drug-likeness (QED) is 0.791. The van der Waals surface area contributed by atoms with Crippen molar-refractivity contribution in [2.75, 3.05) is 7.05 Å². The average molecular weight is 361 g/mol. The molecule has 0 heterocycles. The summed E-state index contributed by atoms with van der Waals surface area (Å²) in [6, 6.07) is 11.6. The van der Waals surface area contributed by atoms with Crippen LogP contribution in [0.1, 0.15) is 28.4 Å². The first kappa shape index (κ1) is 19.0. The third kappa shape index (κ3) is 4.82. The third-order valence-corrected chi connectivity index (χ3v) is 4.89. The number of carbonyl (C=O) groups is 2. The van der Waals surface area contributed by atoms with Gasteiger partial charge in [-0.2, -0.15) is 0 Å². The predicted molar refractivity (Wildman–Crippen MR) is 96.3 cm³/mol. The molecule has 0 aromatic heterocycles. The maximum Gasteiger partial charge on any atom is 0.316 e. The molecule has 0 aliphatic rings. The number of nitrogens with zero attached hydrogens (tertiary/aromatic N) is 1. The number of hydrogen-bond acceptors (Lipinski definition) is 3. The summed E-state index contributed by atoms with van der Waals surface area (Å²) >= 11 is 1.11. The molecular weight excluding hydrogens is 341 g/mol. The highest BCUT2D eigenvalue weighted by atomic mass is 32.2. The lowest BCUT2D eigenvalue weighted by molar-refractivity contribution is -0.136. The van der Waals surface area contributed by atoms with E-state index in [-0.39, 0.29) is 18.3 Å². The molecule has 0 aliphatic heterocycles. The van der Waals surface area contributed by atoms with E-state index in [0.717, 1.165) is 17.3 Å². The van der Waals surface area contributed by atoms with E-state index in [9.17, 15) is 14.0 Å². The summed E-state index contributed by atoms with van der Waals surface area (Å²) in [7, 11) is 1.60. The summed E-state index contributed by atoms with van der Waals surface area (Å²) in [6.07, 6.45) is 0. The highest BCUT2D eigenvalue weighted by Gasteiger charge is 2.20. The molecule has 2 aromatic rings. The van der Waals surface area contributed by atoms with Crippen LogP contribution < -0.4 is 0 Å². The Balaban J connectivity index is 2.22. The van der Waals surface area contributed by atoms with Gasteiger partial charge in [0.15, 0.2) is 0 Å². The fourth-order valence-electron chi connectivity index (χ4n) is 2.34. The van der Waals surface area contributed by atoms with E-state index in [1.807, 2.05) is 6.92 Å². The van der Waals surface area contributed by atoms with E-state index in [4.69, 9.17) is 5.11 Å². The van der Waals surface area contributed by atoms with Gasteiger partial charge < -0.3 is 10.0 Å².